The van der Waals surface area contributed by atoms with Crippen LogP contribution in [0.25, 0.3) is 0 Å². The van der Waals surface area contributed by atoms with Crippen molar-refractivity contribution in [1.29, 1.82) is 0 Å². The van der Waals surface area contributed by atoms with E-state index in [2.05, 4.69) is 4.90 Å². The van der Waals surface area contributed by atoms with Crippen LogP contribution in [0.1, 0.15) is 34.9 Å². The molecule has 0 spiro atoms. The van der Waals surface area contributed by atoms with Crippen molar-refractivity contribution in [2.24, 2.45) is 0 Å². The molecule has 5 heteroatoms. The number of carbonyl (C=O) groups excluding carboxylic acids is 1. The van der Waals surface area contributed by atoms with Gasteiger partial charge in [-0.15, -0.1) is 0 Å². The topological polar surface area (TPSA) is 23.6 Å². The molecule has 2 atom stereocenters. The zero-order chi connectivity index (χ0) is 16.7. The van der Waals surface area contributed by atoms with Crippen LogP contribution >= 0.6 is 0 Å². The van der Waals surface area contributed by atoms with Gasteiger partial charge < -0.3 is 4.90 Å². The first kappa shape index (κ1) is 15.3. The SMILES string of the molecule is O=C(c1ccc(F)c(F)c1)N1CC2CCCN2C1c1ccccc1. The molecule has 0 bridgehead atoms. The monoisotopic (exact) mass is 328 g/mol. The van der Waals surface area contributed by atoms with Crippen molar-refractivity contribution in [3.8, 4) is 0 Å². The molecule has 0 saturated carbocycles. The molecule has 0 N–H and O–H groups in total. The molecule has 2 aromatic rings. The summed E-state index contributed by atoms with van der Waals surface area (Å²) in [4.78, 5) is 17.1. The molecular formula is C19H18F2N2O. The van der Waals surface area contributed by atoms with Crippen molar-refractivity contribution in [3.05, 3.63) is 71.3 Å². The first-order valence-corrected chi connectivity index (χ1v) is 8.22. The average molecular weight is 328 g/mol. The molecule has 2 aliphatic heterocycles. The normalized spacial score (nSPS) is 23.5. The first-order valence-electron chi connectivity index (χ1n) is 8.22. The van der Waals surface area contributed by atoms with Gasteiger partial charge in [0.05, 0.1) is 0 Å². The number of hydrogen-bond acceptors (Lipinski definition) is 2. The third-order valence-electron chi connectivity index (χ3n) is 4.96. The number of carbonyl (C=O) groups is 1. The molecule has 24 heavy (non-hydrogen) atoms. The van der Waals surface area contributed by atoms with Gasteiger partial charge in [0.15, 0.2) is 11.6 Å². The number of nitrogens with zero attached hydrogens (tertiary/aromatic N) is 2. The Kier molecular flexibility index (Phi) is 3.81. The highest BCUT2D eigenvalue weighted by atomic mass is 19.2. The van der Waals surface area contributed by atoms with Crippen molar-refractivity contribution >= 4 is 5.91 Å². The van der Waals surface area contributed by atoms with E-state index in [1.165, 1.54) is 6.07 Å². The second-order valence-corrected chi connectivity index (χ2v) is 6.40. The molecule has 1 amide bonds. The van der Waals surface area contributed by atoms with E-state index in [-0.39, 0.29) is 17.6 Å². The van der Waals surface area contributed by atoms with Crippen LogP contribution in [-0.4, -0.2) is 34.8 Å². The molecular weight excluding hydrogens is 310 g/mol. The number of rotatable bonds is 2. The maximum absolute atomic E-state index is 13.5. The quantitative estimate of drug-likeness (QED) is 0.841. The molecule has 2 unspecified atom stereocenters. The molecule has 0 aromatic heterocycles. The largest absolute Gasteiger partial charge is 0.317 e. The standard InChI is InChI=1S/C19H18F2N2O/c20-16-9-8-14(11-17(16)21)19(24)23-12-15-7-4-10-22(15)18(23)13-5-2-1-3-6-13/h1-3,5-6,8-9,11,15,18H,4,7,10,12H2. The van der Waals surface area contributed by atoms with E-state index in [4.69, 9.17) is 0 Å². The number of benzene rings is 2. The maximum atomic E-state index is 13.5. The molecule has 0 aliphatic carbocycles. The predicted molar refractivity (Wildman–Crippen MR) is 86.3 cm³/mol. The number of fused-ring (bicyclic) bond motifs is 1. The lowest BCUT2D eigenvalue weighted by Gasteiger charge is -2.30. The molecule has 0 radical (unpaired) electrons. The fourth-order valence-corrected chi connectivity index (χ4v) is 3.87. The third-order valence-corrected chi connectivity index (χ3v) is 4.96. The Balaban J connectivity index is 1.69. The van der Waals surface area contributed by atoms with Gasteiger partial charge in [0, 0.05) is 24.7 Å². The number of amides is 1. The second-order valence-electron chi connectivity index (χ2n) is 6.40. The van der Waals surface area contributed by atoms with E-state index in [1.807, 2.05) is 30.3 Å². The highest BCUT2D eigenvalue weighted by Crippen LogP contribution is 2.39. The van der Waals surface area contributed by atoms with Crippen LogP contribution in [0, 0.1) is 11.6 Å². The van der Waals surface area contributed by atoms with Crippen molar-refractivity contribution in [2.75, 3.05) is 13.1 Å². The summed E-state index contributed by atoms with van der Waals surface area (Å²) >= 11 is 0. The Morgan fingerprint density at radius 1 is 1.04 bits per heavy atom. The van der Waals surface area contributed by atoms with Crippen LogP contribution in [0.3, 0.4) is 0 Å². The number of halogens is 2. The Morgan fingerprint density at radius 2 is 1.83 bits per heavy atom. The summed E-state index contributed by atoms with van der Waals surface area (Å²) in [5.74, 6) is -2.18. The Morgan fingerprint density at radius 3 is 2.58 bits per heavy atom. The lowest BCUT2D eigenvalue weighted by molar-refractivity contribution is 0.0638. The molecule has 4 rings (SSSR count). The summed E-state index contributed by atoms with van der Waals surface area (Å²) in [7, 11) is 0. The lowest BCUT2D eigenvalue weighted by atomic mass is 10.1. The van der Waals surface area contributed by atoms with Crippen LogP contribution < -0.4 is 0 Å². The highest BCUT2D eigenvalue weighted by Gasteiger charge is 2.44. The lowest BCUT2D eigenvalue weighted by Crippen LogP contribution is -2.35. The fraction of sp³-hybridized carbons (Fsp3) is 0.316. The smallest absolute Gasteiger partial charge is 0.255 e. The van der Waals surface area contributed by atoms with Gasteiger partial charge in [-0.3, -0.25) is 9.69 Å². The Hall–Kier alpha value is -2.27. The van der Waals surface area contributed by atoms with Gasteiger partial charge in [-0.05, 0) is 36.6 Å². The zero-order valence-electron chi connectivity index (χ0n) is 13.2. The van der Waals surface area contributed by atoms with E-state index in [9.17, 15) is 13.6 Å². The van der Waals surface area contributed by atoms with Crippen LogP contribution in [0.4, 0.5) is 8.78 Å². The van der Waals surface area contributed by atoms with Crippen LogP contribution in [0.5, 0.6) is 0 Å². The van der Waals surface area contributed by atoms with Gasteiger partial charge in [-0.1, -0.05) is 30.3 Å². The van der Waals surface area contributed by atoms with Gasteiger partial charge in [0.2, 0.25) is 0 Å². The van der Waals surface area contributed by atoms with Gasteiger partial charge in [-0.25, -0.2) is 8.78 Å². The summed E-state index contributed by atoms with van der Waals surface area (Å²) in [6, 6.07) is 13.6. The van der Waals surface area contributed by atoms with Gasteiger partial charge in [0.25, 0.3) is 5.91 Å². The highest BCUT2D eigenvalue weighted by molar-refractivity contribution is 5.94. The molecule has 2 aromatic carbocycles. The van der Waals surface area contributed by atoms with Crippen molar-refractivity contribution in [3.63, 3.8) is 0 Å². The minimum atomic E-state index is -0.989. The summed E-state index contributed by atoms with van der Waals surface area (Å²) in [5, 5.41) is 0. The van der Waals surface area contributed by atoms with Crippen LogP contribution in [0.15, 0.2) is 48.5 Å². The van der Waals surface area contributed by atoms with Crippen LogP contribution in [0.2, 0.25) is 0 Å². The van der Waals surface area contributed by atoms with Gasteiger partial charge in [0.1, 0.15) is 6.17 Å². The van der Waals surface area contributed by atoms with Crippen molar-refractivity contribution in [2.45, 2.75) is 25.0 Å². The minimum Gasteiger partial charge on any atom is -0.317 e. The van der Waals surface area contributed by atoms with E-state index in [1.54, 1.807) is 4.90 Å². The molecule has 2 heterocycles. The Bertz CT molecular complexity index is 765. The summed E-state index contributed by atoms with van der Waals surface area (Å²) < 4.78 is 26.7. The number of hydrogen-bond donors (Lipinski definition) is 0. The fourth-order valence-electron chi connectivity index (χ4n) is 3.87. The van der Waals surface area contributed by atoms with Gasteiger partial charge >= 0.3 is 0 Å². The molecule has 3 nitrogen and oxygen atoms in total. The van der Waals surface area contributed by atoms with E-state index < -0.39 is 11.6 Å². The summed E-state index contributed by atoms with van der Waals surface area (Å²) in [6.07, 6.45) is 2.05. The van der Waals surface area contributed by atoms with Crippen LogP contribution in [-0.2, 0) is 0 Å². The Labute approximate surface area is 139 Å². The first-order chi connectivity index (χ1) is 11.6. The van der Waals surface area contributed by atoms with E-state index >= 15 is 0 Å². The van der Waals surface area contributed by atoms with Gasteiger partial charge in [-0.2, -0.15) is 0 Å². The molecule has 2 fully saturated rings. The minimum absolute atomic E-state index is 0.140. The second kappa shape index (κ2) is 5.98. The summed E-state index contributed by atoms with van der Waals surface area (Å²) in [6.45, 7) is 1.57. The molecule has 2 saturated heterocycles. The van der Waals surface area contributed by atoms with Crippen molar-refractivity contribution in [1.82, 2.24) is 9.80 Å². The zero-order valence-corrected chi connectivity index (χ0v) is 13.2. The van der Waals surface area contributed by atoms with E-state index in [0.717, 1.165) is 37.1 Å². The average Bonchev–Trinajstić information content (AvgIpc) is 3.18. The molecule has 124 valence electrons. The summed E-state index contributed by atoms with van der Waals surface area (Å²) in [5.41, 5.74) is 1.24. The van der Waals surface area contributed by atoms with Crippen molar-refractivity contribution < 1.29 is 13.6 Å². The predicted octanol–water partition coefficient (Wildman–Crippen LogP) is 3.58. The maximum Gasteiger partial charge on any atom is 0.255 e. The van der Waals surface area contributed by atoms with E-state index in [0.29, 0.717) is 12.6 Å². The third kappa shape index (κ3) is 2.49. The molecule has 2 aliphatic rings.